The fourth-order valence-electron chi connectivity index (χ4n) is 2.32. The van der Waals surface area contributed by atoms with Gasteiger partial charge in [-0.25, -0.2) is 0 Å². The van der Waals surface area contributed by atoms with Crippen molar-refractivity contribution in [3.63, 3.8) is 0 Å². The van der Waals surface area contributed by atoms with Crippen molar-refractivity contribution in [2.24, 2.45) is 0 Å². The fourth-order valence-corrected chi connectivity index (χ4v) is 2.78. The highest BCUT2D eigenvalue weighted by molar-refractivity contribution is 9.10. The van der Waals surface area contributed by atoms with Gasteiger partial charge in [-0.15, -0.1) is 0 Å². The molecule has 1 N–H and O–H groups in total. The topological polar surface area (TPSA) is 12.0 Å². The molecule has 1 nitrogen and oxygen atoms in total. The molecule has 0 heterocycles. The van der Waals surface area contributed by atoms with Gasteiger partial charge in [0.15, 0.2) is 0 Å². The third-order valence-electron chi connectivity index (χ3n) is 3.42. The van der Waals surface area contributed by atoms with Crippen LogP contribution in [0.2, 0.25) is 5.02 Å². The Morgan fingerprint density at radius 1 is 1.20 bits per heavy atom. The number of hydrogen-bond donors (Lipinski definition) is 1. The van der Waals surface area contributed by atoms with Crippen molar-refractivity contribution >= 4 is 27.5 Å². The van der Waals surface area contributed by atoms with Crippen LogP contribution in [-0.4, -0.2) is 6.54 Å². The molecule has 0 radical (unpaired) electrons. The summed E-state index contributed by atoms with van der Waals surface area (Å²) in [6.07, 6.45) is 0.897. The van der Waals surface area contributed by atoms with Crippen LogP contribution in [0, 0.1) is 6.92 Å². The van der Waals surface area contributed by atoms with Crippen LogP contribution in [0.25, 0.3) is 0 Å². The predicted octanol–water partition coefficient (Wildman–Crippen LogP) is 5.30. The first kappa shape index (κ1) is 15.6. The monoisotopic (exact) mass is 351 g/mol. The number of nitrogens with one attached hydrogen (secondary N) is 1. The van der Waals surface area contributed by atoms with Crippen LogP contribution in [0.4, 0.5) is 0 Å². The van der Waals surface area contributed by atoms with Gasteiger partial charge in [0.05, 0.1) is 0 Å². The van der Waals surface area contributed by atoms with Gasteiger partial charge >= 0.3 is 0 Å². The number of aryl methyl sites for hydroxylation is 1. The van der Waals surface area contributed by atoms with Gasteiger partial charge in [0, 0.05) is 15.5 Å². The number of hydrogen-bond acceptors (Lipinski definition) is 1. The summed E-state index contributed by atoms with van der Waals surface area (Å²) in [6, 6.07) is 14.9. The highest BCUT2D eigenvalue weighted by Gasteiger charge is 2.13. The summed E-state index contributed by atoms with van der Waals surface area (Å²) in [5, 5.41) is 4.38. The van der Waals surface area contributed by atoms with Crippen LogP contribution in [0.1, 0.15) is 29.7 Å². The zero-order valence-electron chi connectivity index (χ0n) is 11.8. The van der Waals surface area contributed by atoms with E-state index in [0.29, 0.717) is 0 Å². The van der Waals surface area contributed by atoms with Crippen LogP contribution >= 0.6 is 27.5 Å². The summed E-state index contributed by atoms with van der Waals surface area (Å²) in [7, 11) is 0. The number of likely N-dealkylation sites (N-methyl/N-ethyl adjacent to an activating group) is 1. The van der Waals surface area contributed by atoms with Crippen LogP contribution in [-0.2, 0) is 6.42 Å². The molecule has 0 bridgehead atoms. The molecule has 0 aliphatic heterocycles. The van der Waals surface area contributed by atoms with E-state index < -0.39 is 0 Å². The van der Waals surface area contributed by atoms with E-state index in [1.165, 1.54) is 16.7 Å². The molecule has 2 aromatic rings. The van der Waals surface area contributed by atoms with Gasteiger partial charge in [-0.2, -0.15) is 0 Å². The smallest absolute Gasteiger partial charge is 0.0438 e. The van der Waals surface area contributed by atoms with Crippen LogP contribution in [0.15, 0.2) is 46.9 Å². The lowest BCUT2D eigenvalue weighted by molar-refractivity contribution is 0.549. The largest absolute Gasteiger partial charge is 0.310 e. The van der Waals surface area contributed by atoms with E-state index >= 15 is 0 Å². The van der Waals surface area contributed by atoms with Crippen molar-refractivity contribution in [3.8, 4) is 0 Å². The van der Waals surface area contributed by atoms with Crippen LogP contribution in [0.3, 0.4) is 0 Å². The lowest BCUT2D eigenvalue weighted by Crippen LogP contribution is -2.23. The molecule has 1 unspecified atom stereocenters. The van der Waals surface area contributed by atoms with Crippen molar-refractivity contribution in [1.82, 2.24) is 5.32 Å². The van der Waals surface area contributed by atoms with Crippen molar-refractivity contribution < 1.29 is 0 Å². The Morgan fingerprint density at radius 2 is 1.95 bits per heavy atom. The lowest BCUT2D eigenvalue weighted by Gasteiger charge is -2.20. The SMILES string of the molecule is CCNC(Cc1ccccc1Cl)c1ccc(Br)c(C)c1. The van der Waals surface area contributed by atoms with E-state index in [4.69, 9.17) is 11.6 Å². The normalized spacial score (nSPS) is 12.4. The third-order valence-corrected chi connectivity index (χ3v) is 4.68. The second kappa shape index (κ2) is 7.26. The van der Waals surface area contributed by atoms with E-state index in [-0.39, 0.29) is 6.04 Å². The van der Waals surface area contributed by atoms with E-state index in [9.17, 15) is 0 Å². The van der Waals surface area contributed by atoms with E-state index in [2.05, 4.69) is 59.4 Å². The Balaban J connectivity index is 2.27. The molecule has 20 heavy (non-hydrogen) atoms. The molecule has 0 spiro atoms. The summed E-state index contributed by atoms with van der Waals surface area (Å²) in [5.41, 5.74) is 3.73. The maximum absolute atomic E-state index is 6.28. The van der Waals surface area contributed by atoms with E-state index in [1.54, 1.807) is 0 Å². The Kier molecular flexibility index (Phi) is 5.64. The second-order valence-corrected chi connectivity index (χ2v) is 6.18. The Bertz CT molecular complexity index is 583. The van der Waals surface area contributed by atoms with Crippen molar-refractivity contribution in [3.05, 3.63) is 68.7 Å². The quantitative estimate of drug-likeness (QED) is 0.769. The molecular formula is C17H19BrClN. The molecular weight excluding hydrogens is 334 g/mol. The minimum Gasteiger partial charge on any atom is -0.310 e. The molecule has 0 aliphatic carbocycles. The summed E-state index contributed by atoms with van der Waals surface area (Å²) in [5.74, 6) is 0. The zero-order valence-corrected chi connectivity index (χ0v) is 14.1. The van der Waals surface area contributed by atoms with E-state index in [0.717, 1.165) is 22.5 Å². The van der Waals surface area contributed by atoms with Crippen molar-refractivity contribution in [2.45, 2.75) is 26.3 Å². The van der Waals surface area contributed by atoms with Crippen LogP contribution in [0.5, 0.6) is 0 Å². The molecule has 0 saturated heterocycles. The zero-order chi connectivity index (χ0) is 14.5. The first-order valence-corrected chi connectivity index (χ1v) is 8.01. The Labute approximate surface area is 134 Å². The molecule has 0 amide bonds. The maximum Gasteiger partial charge on any atom is 0.0438 e. The van der Waals surface area contributed by atoms with Gasteiger partial charge in [-0.3, -0.25) is 0 Å². The molecule has 0 aromatic heterocycles. The standard InChI is InChI=1S/C17H19BrClN/c1-3-20-17(11-13-6-4-5-7-16(13)19)14-8-9-15(18)12(2)10-14/h4-10,17,20H,3,11H2,1-2H3. The van der Waals surface area contributed by atoms with Gasteiger partial charge < -0.3 is 5.32 Å². The van der Waals surface area contributed by atoms with Crippen molar-refractivity contribution in [2.75, 3.05) is 6.54 Å². The maximum atomic E-state index is 6.28. The molecule has 106 valence electrons. The Morgan fingerprint density at radius 3 is 2.60 bits per heavy atom. The second-order valence-electron chi connectivity index (χ2n) is 4.91. The molecule has 0 saturated carbocycles. The molecule has 2 aromatic carbocycles. The van der Waals surface area contributed by atoms with Gasteiger partial charge in [0.2, 0.25) is 0 Å². The average Bonchev–Trinajstić information content (AvgIpc) is 2.44. The predicted molar refractivity (Wildman–Crippen MR) is 90.5 cm³/mol. The van der Waals surface area contributed by atoms with Gasteiger partial charge in [0.1, 0.15) is 0 Å². The van der Waals surface area contributed by atoms with Gasteiger partial charge in [-0.1, -0.05) is 64.8 Å². The van der Waals surface area contributed by atoms with Crippen LogP contribution < -0.4 is 5.32 Å². The summed E-state index contributed by atoms with van der Waals surface area (Å²) in [6.45, 7) is 5.18. The van der Waals surface area contributed by atoms with Crippen molar-refractivity contribution in [1.29, 1.82) is 0 Å². The highest BCUT2D eigenvalue weighted by atomic mass is 79.9. The van der Waals surface area contributed by atoms with Gasteiger partial charge in [-0.05, 0) is 48.7 Å². The first-order valence-electron chi connectivity index (χ1n) is 6.84. The van der Waals surface area contributed by atoms with Gasteiger partial charge in [0.25, 0.3) is 0 Å². The summed E-state index contributed by atoms with van der Waals surface area (Å²) < 4.78 is 1.15. The summed E-state index contributed by atoms with van der Waals surface area (Å²) in [4.78, 5) is 0. The highest BCUT2D eigenvalue weighted by Crippen LogP contribution is 2.26. The Hall–Kier alpha value is -0.830. The minimum absolute atomic E-state index is 0.284. The third kappa shape index (κ3) is 3.85. The molecule has 0 aliphatic rings. The molecule has 3 heteroatoms. The first-order chi connectivity index (χ1) is 9.61. The fraction of sp³-hybridized carbons (Fsp3) is 0.294. The molecule has 1 atom stereocenters. The van der Waals surface area contributed by atoms with E-state index in [1.807, 2.05) is 18.2 Å². The summed E-state index contributed by atoms with van der Waals surface area (Å²) >= 11 is 9.83. The average molecular weight is 353 g/mol. The molecule has 2 rings (SSSR count). The number of benzene rings is 2. The number of halogens is 2. The molecule has 0 fully saturated rings. The minimum atomic E-state index is 0.284. The lowest BCUT2D eigenvalue weighted by atomic mass is 9.97. The number of rotatable bonds is 5.